The molecule has 0 radical (unpaired) electrons. The first kappa shape index (κ1) is 16.7. The number of carbonyl (C=O) groups is 2. The van der Waals surface area contributed by atoms with Crippen molar-refractivity contribution in [2.24, 2.45) is 0 Å². The zero-order valence-electron chi connectivity index (χ0n) is 13.7. The van der Waals surface area contributed by atoms with E-state index in [1.54, 1.807) is 17.5 Å². The van der Waals surface area contributed by atoms with Gasteiger partial charge in [-0.05, 0) is 24.3 Å². The van der Waals surface area contributed by atoms with Crippen LogP contribution in [0.15, 0.2) is 23.7 Å². The number of amides is 2. The fourth-order valence-corrected chi connectivity index (χ4v) is 3.66. The number of thiophene rings is 1. The molecule has 0 bridgehead atoms. The quantitative estimate of drug-likeness (QED) is 0.840. The topological polar surface area (TPSA) is 78.1 Å². The van der Waals surface area contributed by atoms with Gasteiger partial charge in [0.2, 0.25) is 11.8 Å². The highest BCUT2D eigenvalue weighted by atomic mass is 32.1. The summed E-state index contributed by atoms with van der Waals surface area (Å²) in [6.45, 7) is 3.46. The summed E-state index contributed by atoms with van der Waals surface area (Å²) in [5, 5.41) is 4.79. The third kappa shape index (κ3) is 4.23. The highest BCUT2D eigenvalue weighted by Gasteiger charge is 2.28. The number of aromatic amines is 1. The predicted octanol–water partition coefficient (Wildman–Crippen LogP) is 2.06. The van der Waals surface area contributed by atoms with E-state index in [0.29, 0.717) is 13.0 Å². The molecule has 24 heavy (non-hydrogen) atoms. The summed E-state index contributed by atoms with van der Waals surface area (Å²) in [5.74, 6) is 1.32. The third-order valence-corrected chi connectivity index (χ3v) is 5.21. The Bertz CT molecular complexity index is 695. The van der Waals surface area contributed by atoms with Gasteiger partial charge >= 0.3 is 0 Å². The lowest BCUT2D eigenvalue weighted by Crippen LogP contribution is -2.28. The van der Waals surface area contributed by atoms with Gasteiger partial charge in [0.15, 0.2) is 0 Å². The van der Waals surface area contributed by atoms with Crippen molar-refractivity contribution in [3.05, 3.63) is 40.1 Å². The first-order valence-corrected chi connectivity index (χ1v) is 9.08. The number of aryl methyl sites for hydroxylation is 1. The van der Waals surface area contributed by atoms with E-state index in [2.05, 4.69) is 21.4 Å². The van der Waals surface area contributed by atoms with Gasteiger partial charge in [-0.2, -0.15) is 0 Å². The molecule has 0 aromatic carbocycles. The SMILES string of the molecule is CC(=O)NCc1cnc(C2CCN(C(=O)CCc3cccs3)C2)[nH]1. The monoisotopic (exact) mass is 346 g/mol. The highest BCUT2D eigenvalue weighted by molar-refractivity contribution is 7.09. The smallest absolute Gasteiger partial charge is 0.222 e. The van der Waals surface area contributed by atoms with Gasteiger partial charge in [-0.25, -0.2) is 4.98 Å². The molecule has 7 heteroatoms. The van der Waals surface area contributed by atoms with E-state index in [-0.39, 0.29) is 17.7 Å². The van der Waals surface area contributed by atoms with E-state index in [4.69, 9.17) is 0 Å². The number of nitrogens with one attached hydrogen (secondary N) is 2. The van der Waals surface area contributed by atoms with E-state index in [1.165, 1.54) is 11.8 Å². The van der Waals surface area contributed by atoms with Gasteiger partial charge in [-0.3, -0.25) is 9.59 Å². The van der Waals surface area contributed by atoms with Gasteiger partial charge < -0.3 is 15.2 Å². The second-order valence-electron chi connectivity index (χ2n) is 6.11. The Hall–Kier alpha value is -2.15. The number of imidazole rings is 1. The number of likely N-dealkylation sites (tertiary alicyclic amines) is 1. The van der Waals surface area contributed by atoms with Crippen LogP contribution in [0.1, 0.15) is 42.1 Å². The van der Waals surface area contributed by atoms with Crippen molar-refractivity contribution in [1.82, 2.24) is 20.2 Å². The number of H-pyrrole nitrogens is 1. The minimum Gasteiger partial charge on any atom is -0.351 e. The van der Waals surface area contributed by atoms with Crippen LogP contribution in [0.4, 0.5) is 0 Å². The fraction of sp³-hybridized carbons (Fsp3) is 0.471. The van der Waals surface area contributed by atoms with E-state index in [9.17, 15) is 9.59 Å². The summed E-state index contributed by atoms with van der Waals surface area (Å²) >= 11 is 1.70. The van der Waals surface area contributed by atoms with Crippen molar-refractivity contribution in [2.45, 2.75) is 38.6 Å². The molecule has 3 rings (SSSR count). The number of hydrogen-bond acceptors (Lipinski definition) is 4. The largest absolute Gasteiger partial charge is 0.351 e. The maximum absolute atomic E-state index is 12.4. The molecule has 1 unspecified atom stereocenters. The maximum Gasteiger partial charge on any atom is 0.222 e. The lowest BCUT2D eigenvalue weighted by molar-refractivity contribution is -0.130. The van der Waals surface area contributed by atoms with Gasteiger partial charge in [0.25, 0.3) is 0 Å². The third-order valence-electron chi connectivity index (χ3n) is 4.27. The number of nitrogens with zero attached hydrogens (tertiary/aromatic N) is 2. The average molecular weight is 346 g/mol. The molecular weight excluding hydrogens is 324 g/mol. The van der Waals surface area contributed by atoms with Gasteiger partial charge in [0, 0.05) is 37.2 Å². The van der Waals surface area contributed by atoms with Crippen LogP contribution in [0.2, 0.25) is 0 Å². The Balaban J connectivity index is 1.49. The zero-order valence-corrected chi connectivity index (χ0v) is 14.6. The standard InChI is InChI=1S/C17H22N4O2S/c1-12(22)18-9-14-10-19-17(20-14)13-6-7-21(11-13)16(23)5-4-15-3-2-8-24-15/h2-3,8,10,13H,4-7,9,11H2,1H3,(H,18,22)(H,19,20). The predicted molar refractivity (Wildman–Crippen MR) is 92.7 cm³/mol. The van der Waals surface area contributed by atoms with Crippen molar-refractivity contribution in [3.8, 4) is 0 Å². The van der Waals surface area contributed by atoms with E-state index in [1.807, 2.05) is 16.3 Å². The second-order valence-corrected chi connectivity index (χ2v) is 7.14. The lowest BCUT2D eigenvalue weighted by atomic mass is 10.1. The summed E-state index contributed by atoms with van der Waals surface area (Å²) in [4.78, 5) is 34.2. The van der Waals surface area contributed by atoms with Crippen LogP contribution in [-0.2, 0) is 22.6 Å². The molecular formula is C17H22N4O2S. The number of aromatic nitrogens is 2. The molecule has 1 atom stereocenters. The summed E-state index contributed by atoms with van der Waals surface area (Å²) in [6, 6.07) is 4.09. The fourth-order valence-electron chi connectivity index (χ4n) is 2.95. The number of carbonyl (C=O) groups excluding carboxylic acids is 2. The summed E-state index contributed by atoms with van der Waals surface area (Å²) < 4.78 is 0. The van der Waals surface area contributed by atoms with Crippen molar-refractivity contribution in [2.75, 3.05) is 13.1 Å². The molecule has 2 amide bonds. The normalized spacial score (nSPS) is 17.2. The van der Waals surface area contributed by atoms with E-state index < -0.39 is 0 Å². The number of hydrogen-bond donors (Lipinski definition) is 2. The lowest BCUT2D eigenvalue weighted by Gasteiger charge is -2.15. The number of rotatable bonds is 6. The Kier molecular flexibility index (Phi) is 5.30. The minimum absolute atomic E-state index is 0.0606. The van der Waals surface area contributed by atoms with E-state index >= 15 is 0 Å². The molecule has 1 aliphatic heterocycles. The van der Waals surface area contributed by atoms with Crippen LogP contribution < -0.4 is 5.32 Å². The zero-order chi connectivity index (χ0) is 16.9. The molecule has 2 N–H and O–H groups in total. The van der Waals surface area contributed by atoms with Crippen LogP contribution >= 0.6 is 11.3 Å². The summed E-state index contributed by atoms with van der Waals surface area (Å²) in [6.07, 6.45) is 4.07. The molecule has 0 spiro atoms. The van der Waals surface area contributed by atoms with E-state index in [0.717, 1.165) is 37.4 Å². The van der Waals surface area contributed by atoms with Gasteiger partial charge in [0.05, 0.1) is 18.4 Å². The molecule has 0 aliphatic carbocycles. The molecule has 1 saturated heterocycles. The Morgan fingerprint density at radius 2 is 2.38 bits per heavy atom. The molecule has 2 aromatic heterocycles. The minimum atomic E-state index is -0.0606. The highest BCUT2D eigenvalue weighted by Crippen LogP contribution is 2.26. The molecule has 2 aromatic rings. The molecule has 3 heterocycles. The van der Waals surface area contributed by atoms with Gasteiger partial charge in [-0.1, -0.05) is 6.07 Å². The first-order chi connectivity index (χ1) is 11.6. The van der Waals surface area contributed by atoms with Crippen LogP contribution in [0, 0.1) is 0 Å². The molecule has 128 valence electrons. The van der Waals surface area contributed by atoms with Crippen molar-refractivity contribution in [3.63, 3.8) is 0 Å². The summed E-state index contributed by atoms with van der Waals surface area (Å²) in [7, 11) is 0. The van der Waals surface area contributed by atoms with Crippen LogP contribution in [0.3, 0.4) is 0 Å². The Morgan fingerprint density at radius 1 is 1.50 bits per heavy atom. The maximum atomic E-state index is 12.4. The van der Waals surface area contributed by atoms with Crippen LogP contribution in [0.25, 0.3) is 0 Å². The summed E-state index contributed by atoms with van der Waals surface area (Å²) in [5.41, 5.74) is 0.891. The Labute approximate surface area is 145 Å². The first-order valence-electron chi connectivity index (χ1n) is 8.20. The second kappa shape index (κ2) is 7.61. The molecule has 1 fully saturated rings. The average Bonchev–Trinajstić information content (AvgIpc) is 3.31. The Morgan fingerprint density at radius 3 is 3.12 bits per heavy atom. The van der Waals surface area contributed by atoms with Gasteiger partial charge in [-0.15, -0.1) is 11.3 Å². The molecule has 1 aliphatic rings. The van der Waals surface area contributed by atoms with Gasteiger partial charge in [0.1, 0.15) is 5.82 Å². The molecule has 6 nitrogen and oxygen atoms in total. The van der Waals surface area contributed by atoms with Crippen molar-refractivity contribution < 1.29 is 9.59 Å². The van der Waals surface area contributed by atoms with Crippen LogP contribution in [0.5, 0.6) is 0 Å². The van der Waals surface area contributed by atoms with Crippen LogP contribution in [-0.4, -0.2) is 39.8 Å². The van der Waals surface area contributed by atoms with Crippen molar-refractivity contribution in [1.29, 1.82) is 0 Å². The molecule has 0 saturated carbocycles. The van der Waals surface area contributed by atoms with Crippen molar-refractivity contribution >= 4 is 23.2 Å².